The summed E-state index contributed by atoms with van der Waals surface area (Å²) in [6, 6.07) is 64.6. The molecule has 3 heteroatoms. The standard InChI is InChI=1S/C48H29N3/c1-2-12-31(13-3-1)49-41-20-7-5-15-35(41)40-28-30(24-27-44(40)49)33-17-11-23-45-47(33)39-16-6-9-22-43(39)50(45)32-25-26-36-38-19-10-18-37-34-14-4-8-21-42(34)51(48(37)38)46(36)29-32/h1-29H. The highest BCUT2D eigenvalue weighted by Crippen LogP contribution is 2.43. The first kappa shape index (κ1) is 27.0. The summed E-state index contributed by atoms with van der Waals surface area (Å²) in [6.45, 7) is 0. The molecule has 0 aliphatic rings. The number of fused-ring (bicyclic) bond motifs is 12. The van der Waals surface area contributed by atoms with Gasteiger partial charge in [-0.3, -0.25) is 0 Å². The first-order chi connectivity index (χ1) is 25.3. The fourth-order valence-electron chi connectivity index (χ4n) is 9.09. The Morgan fingerprint density at radius 1 is 0.294 bits per heavy atom. The van der Waals surface area contributed by atoms with E-state index >= 15 is 0 Å². The van der Waals surface area contributed by atoms with Gasteiger partial charge < -0.3 is 13.5 Å². The number of benzene rings is 8. The van der Waals surface area contributed by atoms with Gasteiger partial charge in [0.2, 0.25) is 0 Å². The largest absolute Gasteiger partial charge is 0.309 e. The van der Waals surface area contributed by atoms with Crippen molar-refractivity contribution in [2.75, 3.05) is 0 Å². The second-order valence-corrected chi connectivity index (χ2v) is 13.7. The Labute approximate surface area is 292 Å². The highest BCUT2D eigenvalue weighted by Gasteiger charge is 2.21. The minimum Gasteiger partial charge on any atom is -0.309 e. The minimum absolute atomic E-state index is 1.16. The van der Waals surface area contributed by atoms with Gasteiger partial charge in [0.1, 0.15) is 0 Å². The van der Waals surface area contributed by atoms with Crippen molar-refractivity contribution in [2.45, 2.75) is 0 Å². The molecule has 4 heterocycles. The van der Waals surface area contributed by atoms with E-state index in [1.54, 1.807) is 0 Å². The van der Waals surface area contributed by atoms with Crippen LogP contribution in [-0.2, 0) is 0 Å². The summed E-state index contributed by atoms with van der Waals surface area (Å²) in [5.74, 6) is 0. The van der Waals surface area contributed by atoms with Crippen molar-refractivity contribution in [3.8, 4) is 22.5 Å². The average molecular weight is 648 g/mol. The van der Waals surface area contributed by atoms with Gasteiger partial charge in [-0.2, -0.15) is 0 Å². The van der Waals surface area contributed by atoms with Crippen molar-refractivity contribution in [3.63, 3.8) is 0 Å². The monoisotopic (exact) mass is 647 g/mol. The SMILES string of the molecule is c1ccc(-n2c3ccccc3c3cc(-c4cccc5c4c4ccccc4n5-c4ccc5c6cccc7c8ccccc8n(c5c4)c76)ccc32)cc1. The van der Waals surface area contributed by atoms with Crippen molar-refractivity contribution >= 4 is 81.7 Å². The second-order valence-electron chi connectivity index (χ2n) is 13.7. The van der Waals surface area contributed by atoms with Gasteiger partial charge in [-0.1, -0.05) is 115 Å². The zero-order valence-electron chi connectivity index (χ0n) is 27.6. The molecule has 0 unspecified atom stereocenters. The summed E-state index contributed by atoms with van der Waals surface area (Å²) >= 11 is 0. The number of aromatic nitrogens is 3. The molecule has 0 spiro atoms. The molecular formula is C48H29N3. The predicted octanol–water partition coefficient (Wildman–Crippen LogP) is 12.7. The van der Waals surface area contributed by atoms with Crippen molar-refractivity contribution in [3.05, 3.63) is 176 Å². The smallest absolute Gasteiger partial charge is 0.0620 e. The lowest BCUT2D eigenvalue weighted by molar-refractivity contribution is 1.18. The average Bonchev–Trinajstić information content (AvgIpc) is 3.92. The lowest BCUT2D eigenvalue weighted by Crippen LogP contribution is -1.94. The Balaban J connectivity index is 1.13. The van der Waals surface area contributed by atoms with E-state index in [1.165, 1.54) is 98.5 Å². The Bertz CT molecular complexity index is 3360. The zero-order chi connectivity index (χ0) is 33.2. The summed E-state index contributed by atoms with van der Waals surface area (Å²) in [4.78, 5) is 0. The van der Waals surface area contributed by atoms with E-state index in [-0.39, 0.29) is 0 Å². The van der Waals surface area contributed by atoms with Gasteiger partial charge in [0, 0.05) is 54.5 Å². The van der Waals surface area contributed by atoms with Crippen LogP contribution < -0.4 is 0 Å². The van der Waals surface area contributed by atoms with Crippen LogP contribution in [0.1, 0.15) is 0 Å². The van der Waals surface area contributed by atoms with Crippen LogP contribution in [0.2, 0.25) is 0 Å². The van der Waals surface area contributed by atoms with Crippen molar-refractivity contribution in [1.82, 2.24) is 13.5 Å². The van der Waals surface area contributed by atoms with Gasteiger partial charge in [-0.25, -0.2) is 0 Å². The van der Waals surface area contributed by atoms with Crippen LogP contribution in [-0.4, -0.2) is 13.5 Å². The Kier molecular flexibility index (Phi) is 5.23. The Morgan fingerprint density at radius 3 is 1.67 bits per heavy atom. The quantitative estimate of drug-likeness (QED) is 0.181. The van der Waals surface area contributed by atoms with E-state index in [1.807, 2.05) is 0 Å². The van der Waals surface area contributed by atoms with E-state index in [0.29, 0.717) is 0 Å². The number of hydrogen-bond acceptors (Lipinski definition) is 0. The Morgan fingerprint density at radius 2 is 0.863 bits per heavy atom. The van der Waals surface area contributed by atoms with Gasteiger partial charge in [0.25, 0.3) is 0 Å². The highest BCUT2D eigenvalue weighted by molar-refractivity contribution is 6.24. The third-order valence-electron chi connectivity index (χ3n) is 11.2. The topological polar surface area (TPSA) is 14.3 Å². The first-order valence-corrected chi connectivity index (χ1v) is 17.6. The van der Waals surface area contributed by atoms with E-state index in [4.69, 9.17) is 0 Å². The van der Waals surface area contributed by atoms with Crippen LogP contribution in [0.3, 0.4) is 0 Å². The summed E-state index contributed by atoms with van der Waals surface area (Å²) < 4.78 is 7.31. The molecule has 4 aromatic heterocycles. The van der Waals surface area contributed by atoms with Crippen LogP contribution in [0.15, 0.2) is 176 Å². The Hall–Kier alpha value is -6.84. The van der Waals surface area contributed by atoms with Crippen molar-refractivity contribution in [1.29, 1.82) is 0 Å². The van der Waals surface area contributed by atoms with Gasteiger partial charge in [-0.15, -0.1) is 0 Å². The van der Waals surface area contributed by atoms with Gasteiger partial charge in [0.15, 0.2) is 0 Å². The molecule has 0 aliphatic heterocycles. The summed E-state index contributed by atoms with van der Waals surface area (Å²) in [5, 5.41) is 10.3. The van der Waals surface area contributed by atoms with Gasteiger partial charge in [0.05, 0.1) is 38.6 Å². The number of rotatable bonds is 3. The molecule has 0 atom stereocenters. The molecule has 12 aromatic rings. The van der Waals surface area contributed by atoms with Crippen LogP contribution in [0.5, 0.6) is 0 Å². The molecule has 0 fully saturated rings. The van der Waals surface area contributed by atoms with Crippen LogP contribution >= 0.6 is 0 Å². The normalized spacial score (nSPS) is 12.3. The molecule has 0 N–H and O–H groups in total. The third kappa shape index (κ3) is 3.52. The molecule has 0 saturated heterocycles. The fourth-order valence-corrected chi connectivity index (χ4v) is 9.09. The van der Waals surface area contributed by atoms with Gasteiger partial charge >= 0.3 is 0 Å². The fraction of sp³-hybridized carbons (Fsp3) is 0. The van der Waals surface area contributed by atoms with E-state index in [0.717, 1.165) is 5.69 Å². The van der Waals surface area contributed by atoms with Crippen molar-refractivity contribution < 1.29 is 0 Å². The molecule has 0 amide bonds. The zero-order valence-corrected chi connectivity index (χ0v) is 27.6. The molecule has 0 radical (unpaired) electrons. The molecule has 0 aliphatic carbocycles. The van der Waals surface area contributed by atoms with E-state index in [2.05, 4.69) is 189 Å². The lowest BCUT2D eigenvalue weighted by Gasteiger charge is -2.10. The van der Waals surface area contributed by atoms with Crippen LogP contribution in [0, 0.1) is 0 Å². The molecule has 8 aromatic carbocycles. The molecule has 236 valence electrons. The predicted molar refractivity (Wildman–Crippen MR) is 215 cm³/mol. The van der Waals surface area contributed by atoms with Crippen LogP contribution in [0.4, 0.5) is 0 Å². The minimum atomic E-state index is 1.16. The molecule has 0 saturated carbocycles. The molecule has 0 bridgehead atoms. The molecule has 3 nitrogen and oxygen atoms in total. The van der Waals surface area contributed by atoms with E-state index in [9.17, 15) is 0 Å². The summed E-state index contributed by atoms with van der Waals surface area (Å²) in [6.07, 6.45) is 0. The summed E-state index contributed by atoms with van der Waals surface area (Å²) in [5.41, 5.74) is 13.4. The van der Waals surface area contributed by atoms with Crippen molar-refractivity contribution in [2.24, 2.45) is 0 Å². The van der Waals surface area contributed by atoms with Crippen LogP contribution in [0.25, 0.3) is 104 Å². The maximum absolute atomic E-state index is 2.47. The second kappa shape index (κ2) is 9.87. The summed E-state index contributed by atoms with van der Waals surface area (Å²) in [7, 11) is 0. The molecular weight excluding hydrogens is 619 g/mol. The van der Waals surface area contributed by atoms with Gasteiger partial charge in [-0.05, 0) is 71.8 Å². The maximum Gasteiger partial charge on any atom is 0.0620 e. The molecule has 12 rings (SSSR count). The number of nitrogens with zero attached hydrogens (tertiary/aromatic N) is 3. The van der Waals surface area contributed by atoms with E-state index < -0.39 is 0 Å². The molecule has 51 heavy (non-hydrogen) atoms. The lowest BCUT2D eigenvalue weighted by atomic mass is 9.98. The number of para-hydroxylation sites is 5. The maximum atomic E-state index is 2.47. The third-order valence-corrected chi connectivity index (χ3v) is 11.2. The first-order valence-electron chi connectivity index (χ1n) is 17.6. The number of hydrogen-bond donors (Lipinski definition) is 0. The highest BCUT2D eigenvalue weighted by atomic mass is 15.0.